The van der Waals surface area contributed by atoms with Crippen molar-refractivity contribution in [3.63, 3.8) is 0 Å². The number of carbonyl (C=O) groups is 4. The first kappa shape index (κ1) is 95.6. The highest BCUT2D eigenvalue weighted by molar-refractivity contribution is 6.31. The number of aryl methyl sites for hydroxylation is 5. The van der Waals surface area contributed by atoms with Crippen LogP contribution >= 0.6 is 23.2 Å². The molecule has 31 nitrogen and oxygen atoms in total. The second-order valence-electron chi connectivity index (χ2n) is 30.0. The summed E-state index contributed by atoms with van der Waals surface area (Å²) in [7, 11) is 1.79. The molecule has 39 heteroatoms. The minimum absolute atomic E-state index is 0.0931. The maximum Gasteiger partial charge on any atom is 0.333 e. The molecule has 8 aromatic carbocycles. The van der Waals surface area contributed by atoms with E-state index in [-0.39, 0.29) is 76.7 Å². The van der Waals surface area contributed by atoms with Crippen molar-refractivity contribution < 1.29 is 75.0 Å². The fraction of sp³-hybridized carbons (Fsp3) is 0.147. The van der Waals surface area contributed by atoms with Gasteiger partial charge in [-0.25, -0.2) is 52.1 Å². The Kier molecular flexibility index (Phi) is 30.8. The van der Waals surface area contributed by atoms with Crippen LogP contribution < -0.4 is 44.2 Å². The number of amides is 4. The zero-order valence-electron chi connectivity index (χ0n) is 71.6. The molecule has 134 heavy (non-hydrogen) atoms. The normalized spacial score (nSPS) is 11.9. The molecule has 0 saturated carbocycles. The number of pyridine rings is 2. The molecule has 16 aromatic rings. The standard InChI is InChI=1S/C25H21ClF3N5O2.C24H22FN5O3.C23H20ClFN6O2.C23H20FN5O3/c1-13-20(11-34(33-13)25(28)29)16-8-19(23(30)31-10-16)14-5-6-18(21(27)9-14)24(36)32-22(12-35)15-3-2-4-17(26)7-15;1-13-21(14(2)33-30-13)19-11-27-23(26)22(28-19)16-8-9-17(18(25)10-16)24(32)29-20(12-31)15-6-4-3-5-7-15;1-31-12-28-30-22(31)15-8-18(21(26)27-10-15)13-5-6-17(19(25)9-13)23(33)29-20(11-32)14-3-2-4-16(24)7-14;1-13-17(10-27-32-13)19-11-26-22(25)21(28-19)15-7-8-16(18(24)9-15)23(31)29-20(12-30)14-5-3-2-4-6-14/h2-11,22,25,35H,12H2,1H3,(H2,30,31)(H,32,36);3-11,20,31H,12H2,1-2H3,(H2,26,27)(H,29,32);2-10,12,20,32H,11H2,1H3,(H2,26,27)(H,29,33);2-11,20,30H,12H2,1H3,(H2,25,26)(H,29,31)/t22-;3*20-/m1111/s1. The van der Waals surface area contributed by atoms with Crippen LogP contribution in [0, 0.1) is 51.0 Å². The molecule has 0 bridgehead atoms. The summed E-state index contributed by atoms with van der Waals surface area (Å²) in [5.74, 6) is -3.51. The lowest BCUT2D eigenvalue weighted by Gasteiger charge is -2.17. The molecule has 0 aliphatic carbocycles. The van der Waals surface area contributed by atoms with Crippen LogP contribution in [0.5, 0.6) is 0 Å². The van der Waals surface area contributed by atoms with E-state index in [0.29, 0.717) is 138 Å². The van der Waals surface area contributed by atoms with Crippen LogP contribution in [-0.4, -0.2) is 135 Å². The number of anilines is 4. The predicted octanol–water partition coefficient (Wildman–Crippen LogP) is 15.4. The van der Waals surface area contributed by atoms with Crippen molar-refractivity contribution in [1.82, 2.24) is 86.0 Å². The summed E-state index contributed by atoms with van der Waals surface area (Å²) in [5.41, 5.74) is 33.6. The Hall–Kier alpha value is -15.9. The average molecular weight is 1860 g/mol. The summed E-state index contributed by atoms with van der Waals surface area (Å²) in [4.78, 5) is 76.4. The van der Waals surface area contributed by atoms with Gasteiger partial charge in [0.1, 0.15) is 75.8 Å². The molecule has 8 aromatic heterocycles. The van der Waals surface area contributed by atoms with E-state index in [4.69, 9.17) is 55.2 Å². The third-order valence-electron chi connectivity index (χ3n) is 21.0. The molecule has 0 aliphatic rings. The Morgan fingerprint density at radius 2 is 0.828 bits per heavy atom. The van der Waals surface area contributed by atoms with E-state index in [0.717, 1.165) is 6.07 Å². The minimum atomic E-state index is -2.80. The summed E-state index contributed by atoms with van der Waals surface area (Å²) >= 11 is 12.0. The van der Waals surface area contributed by atoms with Crippen molar-refractivity contribution in [3.8, 4) is 89.8 Å². The van der Waals surface area contributed by atoms with Crippen LogP contribution in [0.2, 0.25) is 10.0 Å². The van der Waals surface area contributed by atoms with Gasteiger partial charge in [-0.3, -0.25) is 19.2 Å². The number of nitrogens with zero attached hydrogens (tertiary/aromatic N) is 13. The van der Waals surface area contributed by atoms with Crippen molar-refractivity contribution >= 4 is 70.1 Å². The molecule has 4 atom stereocenters. The van der Waals surface area contributed by atoms with E-state index in [9.17, 15) is 61.6 Å². The van der Waals surface area contributed by atoms with Gasteiger partial charge in [-0.15, -0.1) is 10.2 Å². The molecular formula is C95H83Cl2F6N21O10. The molecule has 0 unspecified atom stereocenters. The SMILES string of the molecule is Cc1nn(C(F)F)cc1-c1cnc(N)c(-c2ccc(C(=O)N[C@H](CO)c3cccc(Cl)c3)c(F)c2)c1.Cc1noc(C)c1-c1cnc(N)c(-c2ccc(C(=O)N[C@H](CO)c3ccccc3)c(F)c2)n1.Cc1oncc1-c1cnc(N)c(-c2ccc(C(=O)N[C@H](CO)c3ccccc3)c(F)c2)n1.Cn1cnnc1-c1cnc(N)c(-c2ccc(C(=O)N[C@H](CO)c3cccc(Cl)c3)c(F)c2)c1. The maximum absolute atomic E-state index is 15.0. The Bertz CT molecular complexity index is 6940. The van der Waals surface area contributed by atoms with Gasteiger partial charge in [-0.2, -0.15) is 13.9 Å². The number of aliphatic hydroxyl groups is 4. The molecule has 4 amide bonds. The number of hydrogen-bond donors (Lipinski definition) is 12. The van der Waals surface area contributed by atoms with Crippen LogP contribution in [0.3, 0.4) is 0 Å². The highest BCUT2D eigenvalue weighted by Crippen LogP contribution is 2.37. The molecule has 0 radical (unpaired) electrons. The number of nitrogen functional groups attached to an aromatic ring is 4. The van der Waals surface area contributed by atoms with Gasteiger partial charge in [-0.05, 0) is 146 Å². The van der Waals surface area contributed by atoms with Crippen LogP contribution in [0.25, 0.3) is 89.8 Å². The zero-order chi connectivity index (χ0) is 95.7. The Morgan fingerprint density at radius 3 is 1.22 bits per heavy atom. The van der Waals surface area contributed by atoms with E-state index in [1.165, 1.54) is 79.5 Å². The van der Waals surface area contributed by atoms with Crippen molar-refractivity contribution in [3.05, 3.63) is 338 Å². The first-order chi connectivity index (χ1) is 64.4. The summed E-state index contributed by atoms with van der Waals surface area (Å²) < 4.78 is 98.3. The minimum Gasteiger partial charge on any atom is -0.394 e. The Balaban J connectivity index is 0.000000152. The van der Waals surface area contributed by atoms with Gasteiger partial charge in [0.15, 0.2) is 5.82 Å². The highest BCUT2D eigenvalue weighted by Gasteiger charge is 2.28. The van der Waals surface area contributed by atoms with Gasteiger partial charge in [-0.1, -0.05) is 143 Å². The van der Waals surface area contributed by atoms with Gasteiger partial charge in [0.25, 0.3) is 23.6 Å². The topological polar surface area (TPSA) is 479 Å². The lowest BCUT2D eigenvalue weighted by Crippen LogP contribution is -2.31. The summed E-state index contributed by atoms with van der Waals surface area (Å²) in [6, 6.07) is 48.0. The number of halogens is 8. The van der Waals surface area contributed by atoms with Gasteiger partial charge >= 0.3 is 6.55 Å². The largest absolute Gasteiger partial charge is 0.394 e. The average Bonchev–Trinajstić information content (AvgIpc) is 1.68. The van der Waals surface area contributed by atoms with Crippen molar-refractivity contribution in [2.75, 3.05) is 49.4 Å². The molecule has 0 aliphatic heterocycles. The van der Waals surface area contributed by atoms with Crippen LogP contribution in [0.1, 0.15) is 117 Å². The molecular weight excluding hydrogens is 1780 g/mol. The van der Waals surface area contributed by atoms with E-state index in [1.54, 1.807) is 179 Å². The number of aromatic nitrogens is 13. The fourth-order valence-electron chi connectivity index (χ4n) is 14.1. The predicted molar refractivity (Wildman–Crippen MR) is 489 cm³/mol. The van der Waals surface area contributed by atoms with E-state index in [1.807, 2.05) is 12.1 Å². The van der Waals surface area contributed by atoms with E-state index < -0.39 is 84.2 Å². The van der Waals surface area contributed by atoms with Crippen LogP contribution in [0.4, 0.5) is 49.6 Å². The lowest BCUT2D eigenvalue weighted by molar-refractivity contribution is 0.0563. The molecule has 16 N–H and O–H groups in total. The fourth-order valence-corrected chi connectivity index (χ4v) is 14.5. The second kappa shape index (κ2) is 43.2. The van der Waals surface area contributed by atoms with Crippen molar-refractivity contribution in [2.45, 2.75) is 58.4 Å². The van der Waals surface area contributed by atoms with Gasteiger partial charge < -0.3 is 78.2 Å². The maximum atomic E-state index is 15.0. The molecule has 16 rings (SSSR count). The number of rotatable bonds is 25. The monoisotopic (exact) mass is 1860 g/mol. The summed E-state index contributed by atoms with van der Waals surface area (Å²) in [6.45, 7) is 2.64. The lowest BCUT2D eigenvalue weighted by atomic mass is 9.99. The summed E-state index contributed by atoms with van der Waals surface area (Å²) in [6.07, 6.45) is 10.2. The summed E-state index contributed by atoms with van der Waals surface area (Å²) in [5, 5.41) is 69.5. The number of nitrogens with two attached hydrogens (primary N) is 4. The Labute approximate surface area is 770 Å². The first-order valence-corrected chi connectivity index (χ1v) is 41.4. The van der Waals surface area contributed by atoms with Gasteiger partial charge in [0.2, 0.25) is 0 Å². The third-order valence-corrected chi connectivity index (χ3v) is 21.5. The smallest absolute Gasteiger partial charge is 0.333 e. The van der Waals surface area contributed by atoms with E-state index >= 15 is 4.39 Å². The van der Waals surface area contributed by atoms with Crippen molar-refractivity contribution in [1.29, 1.82) is 0 Å². The van der Waals surface area contributed by atoms with E-state index in [2.05, 4.69) is 76.8 Å². The molecule has 684 valence electrons. The third kappa shape index (κ3) is 22.5. The number of alkyl halides is 2. The Morgan fingerprint density at radius 1 is 0.425 bits per heavy atom. The molecule has 0 fully saturated rings. The number of carbonyl (C=O) groups excluding carboxylic acids is 4. The van der Waals surface area contributed by atoms with Crippen LogP contribution in [0.15, 0.2) is 247 Å². The highest BCUT2D eigenvalue weighted by atomic mass is 35.5. The molecule has 0 saturated heterocycles. The zero-order valence-corrected chi connectivity index (χ0v) is 73.1. The number of hydrogen-bond acceptors (Lipinski definition) is 25. The van der Waals surface area contributed by atoms with Gasteiger partial charge in [0.05, 0.1) is 125 Å². The number of aliphatic hydroxyl groups excluding tert-OH is 4. The number of nitrogens with one attached hydrogen (secondary N) is 4. The quantitative estimate of drug-likeness (QED) is 0.0236. The van der Waals surface area contributed by atoms with Crippen molar-refractivity contribution in [2.24, 2.45) is 7.05 Å². The first-order valence-electron chi connectivity index (χ1n) is 40.7. The number of benzene rings is 8. The second-order valence-corrected chi connectivity index (χ2v) is 30.9. The van der Waals surface area contributed by atoms with Gasteiger partial charge in [0, 0.05) is 74.6 Å². The molecule has 8 heterocycles. The molecule has 0 spiro atoms. The van der Waals surface area contributed by atoms with Crippen LogP contribution in [-0.2, 0) is 7.05 Å².